The Morgan fingerprint density at radius 2 is 1.82 bits per heavy atom. The van der Waals surface area contributed by atoms with E-state index in [1.54, 1.807) is 27.1 Å². The first-order chi connectivity index (χ1) is 20.9. The van der Waals surface area contributed by atoms with Crippen molar-refractivity contribution in [1.82, 2.24) is 30.0 Å². The van der Waals surface area contributed by atoms with Crippen LogP contribution in [0.4, 0.5) is 23.1 Å². The second-order valence-corrected chi connectivity index (χ2v) is 14.4. The highest BCUT2D eigenvalue weighted by molar-refractivity contribution is 7.92. The summed E-state index contributed by atoms with van der Waals surface area (Å²) in [5, 5.41) is 12.5. The van der Waals surface area contributed by atoms with Gasteiger partial charge >= 0.3 is 0 Å². The fraction of sp³-hybridized carbons (Fsp3) is 0.533. The number of aryl methyl sites for hydroxylation is 2. The number of anilines is 4. The third-order valence-electron chi connectivity index (χ3n) is 7.56. The molecule has 2 aliphatic rings. The van der Waals surface area contributed by atoms with Gasteiger partial charge in [0.2, 0.25) is 27.2 Å². The summed E-state index contributed by atoms with van der Waals surface area (Å²) >= 11 is 6.42. The predicted molar refractivity (Wildman–Crippen MR) is 173 cm³/mol. The Bertz CT molecular complexity index is 1550. The molecule has 1 saturated heterocycles. The monoisotopic (exact) mass is 646 g/mol. The zero-order chi connectivity index (χ0) is 32.0. The van der Waals surface area contributed by atoms with Crippen LogP contribution in [0.25, 0.3) is 0 Å². The van der Waals surface area contributed by atoms with Gasteiger partial charge in [0.15, 0.2) is 5.82 Å². The van der Waals surface area contributed by atoms with Crippen LogP contribution < -0.4 is 20.7 Å². The van der Waals surface area contributed by atoms with Crippen molar-refractivity contribution in [3.05, 3.63) is 40.7 Å². The summed E-state index contributed by atoms with van der Waals surface area (Å²) in [5.41, 5.74) is 3.61. The Morgan fingerprint density at radius 1 is 1.11 bits per heavy atom. The summed E-state index contributed by atoms with van der Waals surface area (Å²) in [6.07, 6.45) is 8.34. The number of amides is 1. The van der Waals surface area contributed by atoms with Gasteiger partial charge < -0.3 is 25.6 Å². The van der Waals surface area contributed by atoms with Crippen LogP contribution in [0, 0.1) is 6.92 Å². The van der Waals surface area contributed by atoms with Crippen molar-refractivity contribution in [3.8, 4) is 5.75 Å². The SMILES string of the molecule is CCNC=O.Cc1cc(Nc2ncc(Cl)c(Nc3cn(C)nc3S(=O)(=O)C(C)C)n2)c(OC2CC2)cc1C1CCN(C)CC1. The largest absolute Gasteiger partial charge is 0.488 e. The maximum absolute atomic E-state index is 12.9. The first-order valence-corrected chi connectivity index (χ1v) is 16.9. The molecule has 0 spiro atoms. The molecule has 240 valence electrons. The first kappa shape index (κ1) is 33.5. The minimum Gasteiger partial charge on any atom is -0.488 e. The van der Waals surface area contributed by atoms with Gasteiger partial charge in [-0.3, -0.25) is 9.48 Å². The second-order valence-electron chi connectivity index (χ2n) is 11.5. The summed E-state index contributed by atoms with van der Waals surface area (Å²) in [4.78, 5) is 20.6. The van der Waals surface area contributed by atoms with Gasteiger partial charge in [-0.05, 0) is 103 Å². The van der Waals surface area contributed by atoms with Gasteiger partial charge in [0.05, 0.1) is 28.9 Å². The highest BCUT2D eigenvalue weighted by Crippen LogP contribution is 2.40. The van der Waals surface area contributed by atoms with E-state index >= 15 is 0 Å². The molecule has 2 fully saturated rings. The lowest BCUT2D eigenvalue weighted by Gasteiger charge is -2.30. The number of sulfone groups is 1. The van der Waals surface area contributed by atoms with Crippen LogP contribution in [0.2, 0.25) is 5.02 Å². The normalized spacial score (nSPS) is 15.8. The minimum absolute atomic E-state index is 0.0515. The molecule has 3 N–H and O–H groups in total. The molecule has 44 heavy (non-hydrogen) atoms. The standard InChI is InChI=1S/C27H36ClN7O3S.C3H7NO/c1-16(2)39(36,37)26-23(15-35(5)33-26)30-25-21(28)14-29-27(32-25)31-22-12-17(3)20(13-24(22)38-19-6-7-19)18-8-10-34(4)11-9-18;1-2-4-3-5/h12-16,18-19H,6-11H2,1-5H3,(H2,29,30,31,32);3H,2H2,1H3,(H,4,5). The average molecular weight is 647 g/mol. The van der Waals surface area contributed by atoms with E-state index in [2.05, 4.69) is 62.0 Å². The van der Waals surface area contributed by atoms with Crippen molar-refractivity contribution in [3.63, 3.8) is 0 Å². The Hall–Kier alpha value is -3.42. The van der Waals surface area contributed by atoms with Crippen LogP contribution in [0.3, 0.4) is 0 Å². The van der Waals surface area contributed by atoms with E-state index in [-0.39, 0.29) is 22.0 Å². The van der Waals surface area contributed by atoms with Gasteiger partial charge in [0.1, 0.15) is 10.8 Å². The molecule has 5 rings (SSSR count). The Balaban J connectivity index is 0.000000818. The molecule has 3 aromatic rings. The molecule has 1 aliphatic carbocycles. The number of benzene rings is 1. The number of nitrogens with zero attached hydrogens (tertiary/aromatic N) is 5. The maximum atomic E-state index is 12.9. The number of carbonyl (C=O) groups excluding carboxylic acids is 1. The lowest BCUT2D eigenvalue weighted by Crippen LogP contribution is -2.29. The molecule has 1 aliphatic heterocycles. The Morgan fingerprint density at radius 3 is 2.41 bits per heavy atom. The van der Waals surface area contributed by atoms with E-state index < -0.39 is 15.1 Å². The van der Waals surface area contributed by atoms with Crippen molar-refractivity contribution in [2.24, 2.45) is 7.05 Å². The second kappa shape index (κ2) is 14.6. The highest BCUT2D eigenvalue weighted by Gasteiger charge is 2.29. The number of rotatable bonds is 11. The number of nitrogens with one attached hydrogen (secondary N) is 3. The van der Waals surface area contributed by atoms with E-state index in [1.165, 1.54) is 22.0 Å². The van der Waals surface area contributed by atoms with E-state index in [0.29, 0.717) is 24.0 Å². The summed E-state index contributed by atoms with van der Waals surface area (Å²) in [7, 11) is 0.210. The van der Waals surface area contributed by atoms with Crippen LogP contribution in [0.15, 0.2) is 29.6 Å². The molecule has 0 bridgehead atoms. The van der Waals surface area contributed by atoms with Gasteiger partial charge in [-0.1, -0.05) is 11.6 Å². The summed E-state index contributed by atoms with van der Waals surface area (Å²) in [5.74, 6) is 1.88. The van der Waals surface area contributed by atoms with E-state index in [4.69, 9.17) is 16.3 Å². The third-order valence-corrected chi connectivity index (χ3v) is 9.92. The summed E-state index contributed by atoms with van der Waals surface area (Å²) < 4.78 is 33.5. The topological polar surface area (TPSA) is 143 Å². The van der Waals surface area contributed by atoms with Crippen molar-refractivity contribution >= 4 is 51.0 Å². The number of carbonyl (C=O) groups is 1. The molecule has 3 heterocycles. The number of hydrogen-bond donors (Lipinski definition) is 3. The molecular formula is C30H43ClN8O4S. The fourth-order valence-electron chi connectivity index (χ4n) is 4.86. The van der Waals surface area contributed by atoms with Gasteiger partial charge in [-0.15, -0.1) is 0 Å². The molecule has 1 saturated carbocycles. The molecule has 1 amide bonds. The van der Waals surface area contributed by atoms with Gasteiger partial charge in [0, 0.05) is 19.8 Å². The summed E-state index contributed by atoms with van der Waals surface area (Å²) in [6.45, 7) is 10.2. The minimum atomic E-state index is -3.63. The number of halogens is 1. The number of aromatic nitrogens is 4. The molecule has 2 aromatic heterocycles. The number of ether oxygens (including phenoxy) is 1. The molecular weight excluding hydrogens is 604 g/mol. The number of hydrogen-bond acceptors (Lipinski definition) is 10. The lowest BCUT2D eigenvalue weighted by molar-refractivity contribution is -0.109. The van der Waals surface area contributed by atoms with Gasteiger partial charge in [-0.25, -0.2) is 13.4 Å². The van der Waals surface area contributed by atoms with Crippen molar-refractivity contribution < 1.29 is 17.9 Å². The van der Waals surface area contributed by atoms with Crippen molar-refractivity contribution in [1.29, 1.82) is 0 Å². The van der Waals surface area contributed by atoms with Gasteiger partial charge in [-0.2, -0.15) is 10.1 Å². The van der Waals surface area contributed by atoms with Crippen LogP contribution in [-0.2, 0) is 21.7 Å². The Kier molecular flexibility index (Phi) is 11.1. The van der Waals surface area contributed by atoms with Crippen LogP contribution >= 0.6 is 11.6 Å². The molecule has 12 nitrogen and oxygen atoms in total. The third kappa shape index (κ3) is 8.39. The molecule has 0 radical (unpaired) electrons. The zero-order valence-electron chi connectivity index (χ0n) is 26.2. The summed E-state index contributed by atoms with van der Waals surface area (Å²) in [6, 6.07) is 4.28. The quantitative estimate of drug-likeness (QED) is 0.245. The number of piperidine rings is 1. The van der Waals surface area contributed by atoms with Crippen molar-refractivity contribution in [2.75, 3.05) is 37.3 Å². The van der Waals surface area contributed by atoms with Crippen molar-refractivity contribution in [2.45, 2.75) is 75.7 Å². The molecule has 0 unspecified atom stereocenters. The van der Waals surface area contributed by atoms with E-state index in [9.17, 15) is 13.2 Å². The number of likely N-dealkylation sites (tertiary alicyclic amines) is 1. The fourth-order valence-corrected chi connectivity index (χ4v) is 6.10. The van der Waals surface area contributed by atoms with E-state index in [0.717, 1.165) is 56.8 Å². The van der Waals surface area contributed by atoms with Gasteiger partial charge in [0.25, 0.3) is 0 Å². The molecule has 1 aromatic carbocycles. The zero-order valence-corrected chi connectivity index (χ0v) is 27.8. The molecule has 0 atom stereocenters. The first-order valence-electron chi connectivity index (χ1n) is 14.9. The maximum Gasteiger partial charge on any atom is 0.229 e. The van der Waals surface area contributed by atoms with Crippen LogP contribution in [-0.4, -0.2) is 77.5 Å². The van der Waals surface area contributed by atoms with E-state index in [1.807, 2.05) is 6.92 Å². The lowest BCUT2D eigenvalue weighted by atomic mass is 9.86. The smallest absolute Gasteiger partial charge is 0.229 e. The predicted octanol–water partition coefficient (Wildman–Crippen LogP) is 4.94. The van der Waals surface area contributed by atoms with Crippen LogP contribution in [0.5, 0.6) is 5.75 Å². The highest BCUT2D eigenvalue weighted by atomic mass is 35.5. The Labute approximate surface area is 264 Å². The van der Waals surface area contributed by atoms with Crippen LogP contribution in [0.1, 0.15) is 63.5 Å². The molecule has 14 heteroatoms. The average Bonchev–Trinajstić information content (AvgIpc) is 3.72.